The lowest BCUT2D eigenvalue weighted by molar-refractivity contribution is 0.107. The summed E-state index contributed by atoms with van der Waals surface area (Å²) in [7, 11) is 0. The highest BCUT2D eigenvalue weighted by Gasteiger charge is 2.26. The Morgan fingerprint density at radius 3 is 2.94 bits per heavy atom. The Morgan fingerprint density at radius 2 is 2.19 bits per heavy atom. The van der Waals surface area contributed by atoms with E-state index in [9.17, 15) is 0 Å². The second-order valence-corrected chi connectivity index (χ2v) is 4.76. The maximum atomic E-state index is 5.75. The van der Waals surface area contributed by atoms with Crippen LogP contribution in [0.4, 0.5) is 0 Å². The number of ether oxygens (including phenoxy) is 1. The van der Waals surface area contributed by atoms with Crippen molar-refractivity contribution >= 4 is 0 Å². The van der Waals surface area contributed by atoms with Crippen LogP contribution in [0.25, 0.3) is 0 Å². The maximum Gasteiger partial charge on any atom is 0.0818 e. The summed E-state index contributed by atoms with van der Waals surface area (Å²) in [4.78, 5) is 0. The fraction of sp³-hybridized carbons (Fsp3) is 0.750. The van der Waals surface area contributed by atoms with Crippen molar-refractivity contribution < 1.29 is 4.74 Å². The Hall–Kier alpha value is -0.870. The lowest BCUT2D eigenvalue weighted by atomic mass is 10.1. The van der Waals surface area contributed by atoms with Gasteiger partial charge in [-0.25, -0.2) is 0 Å². The third kappa shape index (κ3) is 1.57. The van der Waals surface area contributed by atoms with Gasteiger partial charge in [-0.2, -0.15) is 5.10 Å². The van der Waals surface area contributed by atoms with Crippen LogP contribution in [0.1, 0.15) is 48.7 Å². The molecule has 4 nitrogen and oxygen atoms in total. The molecule has 0 amide bonds. The largest absolute Gasteiger partial charge is 0.376 e. The molecule has 16 heavy (non-hydrogen) atoms. The number of aromatic nitrogens is 2. The van der Waals surface area contributed by atoms with Crippen LogP contribution in [0.5, 0.6) is 0 Å². The zero-order valence-corrected chi connectivity index (χ0v) is 9.61. The van der Waals surface area contributed by atoms with E-state index in [-0.39, 0.29) is 0 Å². The van der Waals surface area contributed by atoms with Gasteiger partial charge >= 0.3 is 0 Å². The number of nitrogens with zero attached hydrogens (tertiary/aromatic N) is 2. The average molecular weight is 221 g/mol. The molecule has 0 spiro atoms. The predicted octanol–water partition coefficient (Wildman–Crippen LogP) is 1.53. The average Bonchev–Trinajstić information content (AvgIpc) is 2.95. The SMILES string of the molecule is NCc1nn(C2CCCC2)c2c1COCC2. The molecule has 2 heterocycles. The molecule has 1 aromatic rings. The van der Waals surface area contributed by atoms with Crippen molar-refractivity contribution in [2.45, 2.75) is 51.3 Å². The van der Waals surface area contributed by atoms with Gasteiger partial charge in [0.25, 0.3) is 0 Å². The standard InChI is InChI=1S/C12H19N3O/c13-7-11-10-8-16-6-5-12(10)15(14-11)9-3-1-2-4-9/h9H,1-8,13H2. The number of nitrogens with two attached hydrogens (primary N) is 1. The summed E-state index contributed by atoms with van der Waals surface area (Å²) < 4.78 is 7.76. The van der Waals surface area contributed by atoms with Crippen molar-refractivity contribution in [3.63, 3.8) is 0 Å². The van der Waals surface area contributed by atoms with Crippen LogP contribution < -0.4 is 5.73 Å². The molecule has 2 aliphatic rings. The molecule has 0 unspecified atom stereocenters. The van der Waals surface area contributed by atoms with Crippen LogP contribution in [0.15, 0.2) is 0 Å². The molecule has 1 saturated carbocycles. The number of rotatable bonds is 2. The molecule has 1 fully saturated rings. The summed E-state index contributed by atoms with van der Waals surface area (Å²) in [5.41, 5.74) is 9.45. The normalized spacial score (nSPS) is 21.3. The van der Waals surface area contributed by atoms with E-state index in [0.29, 0.717) is 19.2 Å². The summed E-state index contributed by atoms with van der Waals surface area (Å²) in [6, 6.07) is 0.618. The molecule has 0 atom stereocenters. The van der Waals surface area contributed by atoms with Crippen LogP contribution in [-0.4, -0.2) is 16.4 Å². The Bertz CT molecular complexity index is 380. The number of hydrogen-bond donors (Lipinski definition) is 1. The summed E-state index contributed by atoms with van der Waals surface area (Å²) in [6.07, 6.45) is 6.23. The molecule has 88 valence electrons. The van der Waals surface area contributed by atoms with Gasteiger partial charge in [0.1, 0.15) is 0 Å². The van der Waals surface area contributed by atoms with Crippen molar-refractivity contribution in [1.29, 1.82) is 0 Å². The number of fused-ring (bicyclic) bond motifs is 1. The van der Waals surface area contributed by atoms with Crippen molar-refractivity contribution in [2.75, 3.05) is 6.61 Å². The highest BCUT2D eigenvalue weighted by atomic mass is 16.5. The first-order valence-electron chi connectivity index (χ1n) is 6.27. The van der Waals surface area contributed by atoms with E-state index in [0.717, 1.165) is 18.7 Å². The van der Waals surface area contributed by atoms with Gasteiger partial charge in [-0.1, -0.05) is 12.8 Å². The minimum absolute atomic E-state index is 0.533. The van der Waals surface area contributed by atoms with E-state index in [2.05, 4.69) is 4.68 Å². The van der Waals surface area contributed by atoms with E-state index in [4.69, 9.17) is 15.6 Å². The monoisotopic (exact) mass is 221 g/mol. The highest BCUT2D eigenvalue weighted by Crippen LogP contribution is 2.33. The smallest absolute Gasteiger partial charge is 0.0818 e. The lowest BCUT2D eigenvalue weighted by Gasteiger charge is -2.18. The minimum atomic E-state index is 0.533. The van der Waals surface area contributed by atoms with Crippen LogP contribution in [-0.2, 0) is 24.3 Å². The molecule has 0 radical (unpaired) electrons. The quantitative estimate of drug-likeness (QED) is 0.824. The lowest BCUT2D eigenvalue weighted by Crippen LogP contribution is -2.16. The highest BCUT2D eigenvalue weighted by molar-refractivity contribution is 5.28. The van der Waals surface area contributed by atoms with Crippen LogP contribution in [0.2, 0.25) is 0 Å². The molecule has 4 heteroatoms. The molecule has 0 saturated heterocycles. The van der Waals surface area contributed by atoms with Crippen molar-refractivity contribution in [3.05, 3.63) is 17.0 Å². The van der Waals surface area contributed by atoms with E-state index >= 15 is 0 Å². The molecule has 0 bridgehead atoms. The van der Waals surface area contributed by atoms with Crippen LogP contribution in [0, 0.1) is 0 Å². The van der Waals surface area contributed by atoms with Gasteiger partial charge < -0.3 is 10.5 Å². The molecular formula is C12H19N3O. The Balaban J connectivity index is 2.00. The van der Waals surface area contributed by atoms with Gasteiger partial charge in [-0.3, -0.25) is 4.68 Å². The zero-order valence-electron chi connectivity index (χ0n) is 9.61. The fourth-order valence-corrected chi connectivity index (χ4v) is 2.95. The molecule has 1 aromatic heterocycles. The fourth-order valence-electron chi connectivity index (χ4n) is 2.95. The summed E-state index contributed by atoms with van der Waals surface area (Å²) in [5.74, 6) is 0. The molecule has 1 aliphatic heterocycles. The molecule has 2 N–H and O–H groups in total. The molecular weight excluding hydrogens is 202 g/mol. The first-order valence-corrected chi connectivity index (χ1v) is 6.27. The third-order valence-electron chi connectivity index (χ3n) is 3.80. The first kappa shape index (κ1) is 10.3. The van der Waals surface area contributed by atoms with Gasteiger partial charge in [0.2, 0.25) is 0 Å². The third-order valence-corrected chi connectivity index (χ3v) is 3.80. The summed E-state index contributed by atoms with van der Waals surface area (Å²) in [5, 5.41) is 4.70. The number of hydrogen-bond acceptors (Lipinski definition) is 3. The van der Waals surface area contributed by atoms with E-state index in [1.54, 1.807) is 0 Å². The molecule has 0 aromatic carbocycles. The van der Waals surface area contributed by atoms with Crippen molar-refractivity contribution in [1.82, 2.24) is 9.78 Å². The van der Waals surface area contributed by atoms with Gasteiger partial charge in [0.05, 0.1) is 24.9 Å². The van der Waals surface area contributed by atoms with E-state index in [1.807, 2.05) is 0 Å². The van der Waals surface area contributed by atoms with E-state index < -0.39 is 0 Å². The van der Waals surface area contributed by atoms with Crippen molar-refractivity contribution in [3.8, 4) is 0 Å². The van der Waals surface area contributed by atoms with Gasteiger partial charge in [-0.05, 0) is 12.8 Å². The summed E-state index contributed by atoms with van der Waals surface area (Å²) >= 11 is 0. The topological polar surface area (TPSA) is 53.1 Å². The van der Waals surface area contributed by atoms with E-state index in [1.165, 1.54) is 36.9 Å². The van der Waals surface area contributed by atoms with Crippen LogP contribution >= 0.6 is 0 Å². The maximum absolute atomic E-state index is 5.75. The molecule has 1 aliphatic carbocycles. The van der Waals surface area contributed by atoms with Crippen molar-refractivity contribution in [2.24, 2.45) is 5.73 Å². The Morgan fingerprint density at radius 1 is 1.38 bits per heavy atom. The summed E-state index contributed by atoms with van der Waals surface area (Å²) in [6.45, 7) is 2.06. The van der Waals surface area contributed by atoms with Gasteiger partial charge in [0, 0.05) is 24.2 Å². The second-order valence-electron chi connectivity index (χ2n) is 4.76. The second kappa shape index (κ2) is 4.18. The Labute approximate surface area is 95.8 Å². The van der Waals surface area contributed by atoms with Crippen LogP contribution in [0.3, 0.4) is 0 Å². The minimum Gasteiger partial charge on any atom is -0.376 e. The first-order chi connectivity index (χ1) is 7.90. The van der Waals surface area contributed by atoms with Gasteiger partial charge in [-0.15, -0.1) is 0 Å². The van der Waals surface area contributed by atoms with Gasteiger partial charge in [0.15, 0.2) is 0 Å². The predicted molar refractivity (Wildman–Crippen MR) is 61.0 cm³/mol. The Kier molecular flexibility index (Phi) is 2.69. The zero-order chi connectivity index (χ0) is 11.0. The molecule has 3 rings (SSSR count).